The highest BCUT2D eigenvalue weighted by molar-refractivity contribution is 5.79. The summed E-state index contributed by atoms with van der Waals surface area (Å²) in [6.45, 7) is 6.65. The summed E-state index contributed by atoms with van der Waals surface area (Å²) in [5.74, 6) is -0.574. The Hall–Kier alpha value is -2.11. The lowest BCUT2D eigenvalue weighted by Gasteiger charge is -2.32. The zero-order chi connectivity index (χ0) is 17.7. The maximum absolute atomic E-state index is 13.5. The van der Waals surface area contributed by atoms with Gasteiger partial charge in [0.05, 0.1) is 0 Å². The van der Waals surface area contributed by atoms with E-state index in [1.165, 1.54) is 6.07 Å². The van der Waals surface area contributed by atoms with E-state index in [2.05, 4.69) is 5.32 Å². The van der Waals surface area contributed by atoms with Crippen molar-refractivity contribution in [1.82, 2.24) is 10.2 Å². The Bertz CT molecular complexity index is 590. The van der Waals surface area contributed by atoms with Crippen LogP contribution in [0, 0.1) is 11.7 Å². The van der Waals surface area contributed by atoms with Crippen LogP contribution in [0.15, 0.2) is 24.3 Å². The molecule has 1 saturated heterocycles. The standard InChI is InChI=1S/C18H25FN2O3/c1-18(2,3)24-17(23)21-10-8-13(9-11-21)16(22)20-12-14-6-4-5-7-15(14)19/h4-7,13H,8-12H2,1-3H3,(H,20,22). The Morgan fingerprint density at radius 3 is 2.46 bits per heavy atom. The van der Waals surface area contributed by atoms with Gasteiger partial charge in [0.1, 0.15) is 11.4 Å². The molecule has 0 aliphatic carbocycles. The summed E-state index contributed by atoms with van der Waals surface area (Å²) >= 11 is 0. The summed E-state index contributed by atoms with van der Waals surface area (Å²) in [7, 11) is 0. The van der Waals surface area contributed by atoms with Gasteiger partial charge in [-0.05, 0) is 39.7 Å². The normalized spacial score (nSPS) is 15.9. The molecule has 0 spiro atoms. The molecule has 2 rings (SSSR count). The molecule has 0 bridgehead atoms. The Balaban J connectivity index is 1.78. The molecule has 24 heavy (non-hydrogen) atoms. The first-order chi connectivity index (χ1) is 11.3. The number of ether oxygens (including phenoxy) is 1. The number of hydrogen-bond acceptors (Lipinski definition) is 3. The van der Waals surface area contributed by atoms with Gasteiger partial charge >= 0.3 is 6.09 Å². The average molecular weight is 336 g/mol. The maximum Gasteiger partial charge on any atom is 0.410 e. The van der Waals surface area contributed by atoms with E-state index in [-0.39, 0.29) is 30.3 Å². The quantitative estimate of drug-likeness (QED) is 0.923. The molecule has 1 aliphatic rings. The highest BCUT2D eigenvalue weighted by Crippen LogP contribution is 2.20. The Morgan fingerprint density at radius 1 is 1.25 bits per heavy atom. The van der Waals surface area contributed by atoms with Crippen LogP contribution in [0.2, 0.25) is 0 Å². The number of carbonyl (C=O) groups is 2. The number of nitrogens with one attached hydrogen (secondary N) is 1. The lowest BCUT2D eigenvalue weighted by molar-refractivity contribution is -0.126. The number of amides is 2. The van der Waals surface area contributed by atoms with Crippen LogP contribution in [0.4, 0.5) is 9.18 Å². The zero-order valence-corrected chi connectivity index (χ0v) is 14.5. The number of rotatable bonds is 3. The van der Waals surface area contributed by atoms with Crippen LogP contribution >= 0.6 is 0 Å². The minimum Gasteiger partial charge on any atom is -0.444 e. The van der Waals surface area contributed by atoms with E-state index in [1.807, 2.05) is 20.8 Å². The van der Waals surface area contributed by atoms with Crippen LogP contribution in [0.5, 0.6) is 0 Å². The molecule has 132 valence electrons. The van der Waals surface area contributed by atoms with Crippen LogP contribution in [0.1, 0.15) is 39.2 Å². The van der Waals surface area contributed by atoms with Gasteiger partial charge in [0.15, 0.2) is 0 Å². The third kappa shape index (κ3) is 5.22. The van der Waals surface area contributed by atoms with Crippen LogP contribution in [0.3, 0.4) is 0 Å². The summed E-state index contributed by atoms with van der Waals surface area (Å²) in [4.78, 5) is 25.9. The highest BCUT2D eigenvalue weighted by Gasteiger charge is 2.29. The van der Waals surface area contributed by atoms with Gasteiger partial charge in [0.25, 0.3) is 0 Å². The number of benzene rings is 1. The Kier molecular flexibility index (Phi) is 5.80. The minimum absolute atomic E-state index is 0.0953. The molecule has 5 nitrogen and oxygen atoms in total. The molecule has 0 aromatic heterocycles. The molecule has 0 radical (unpaired) electrons. The second-order valence-electron chi connectivity index (χ2n) is 7.05. The third-order valence-corrected chi connectivity index (χ3v) is 3.93. The summed E-state index contributed by atoms with van der Waals surface area (Å²) in [6.07, 6.45) is 0.831. The predicted molar refractivity (Wildman–Crippen MR) is 88.8 cm³/mol. The van der Waals surface area contributed by atoms with Gasteiger partial charge in [-0.2, -0.15) is 0 Å². The van der Waals surface area contributed by atoms with E-state index >= 15 is 0 Å². The van der Waals surface area contributed by atoms with Crippen LogP contribution in [-0.4, -0.2) is 35.6 Å². The molecule has 1 aromatic rings. The van der Waals surface area contributed by atoms with E-state index in [9.17, 15) is 14.0 Å². The second kappa shape index (κ2) is 7.64. The van der Waals surface area contributed by atoms with Gasteiger partial charge in [0, 0.05) is 31.1 Å². The zero-order valence-electron chi connectivity index (χ0n) is 14.5. The van der Waals surface area contributed by atoms with E-state index in [1.54, 1.807) is 23.1 Å². The van der Waals surface area contributed by atoms with Crippen LogP contribution in [-0.2, 0) is 16.1 Å². The molecule has 1 N–H and O–H groups in total. The smallest absolute Gasteiger partial charge is 0.410 e. The largest absolute Gasteiger partial charge is 0.444 e. The summed E-state index contributed by atoms with van der Waals surface area (Å²) < 4.78 is 18.9. The molecule has 6 heteroatoms. The number of piperidine rings is 1. The summed E-state index contributed by atoms with van der Waals surface area (Å²) in [5, 5.41) is 2.78. The van der Waals surface area contributed by atoms with Crippen LogP contribution in [0.25, 0.3) is 0 Å². The van der Waals surface area contributed by atoms with E-state index in [4.69, 9.17) is 4.74 Å². The Labute approximate surface area is 142 Å². The molecule has 0 saturated carbocycles. The van der Waals surface area contributed by atoms with Gasteiger partial charge in [-0.15, -0.1) is 0 Å². The lowest BCUT2D eigenvalue weighted by atomic mass is 9.96. The van der Waals surface area contributed by atoms with Crippen molar-refractivity contribution in [2.24, 2.45) is 5.92 Å². The van der Waals surface area contributed by atoms with Crippen molar-refractivity contribution in [3.05, 3.63) is 35.6 Å². The minimum atomic E-state index is -0.523. The lowest BCUT2D eigenvalue weighted by Crippen LogP contribution is -2.44. The first-order valence-corrected chi connectivity index (χ1v) is 8.25. The SMILES string of the molecule is CC(C)(C)OC(=O)N1CCC(C(=O)NCc2ccccc2F)CC1. The molecule has 1 heterocycles. The molecular formula is C18H25FN2O3. The highest BCUT2D eigenvalue weighted by atomic mass is 19.1. The maximum atomic E-state index is 13.5. The van der Waals surface area contributed by atoms with Gasteiger partial charge < -0.3 is 15.0 Å². The molecule has 1 aliphatic heterocycles. The first-order valence-electron chi connectivity index (χ1n) is 8.25. The number of hydrogen-bond donors (Lipinski definition) is 1. The van der Waals surface area contributed by atoms with Crippen molar-refractivity contribution in [1.29, 1.82) is 0 Å². The fraction of sp³-hybridized carbons (Fsp3) is 0.556. The molecular weight excluding hydrogens is 311 g/mol. The van der Waals surface area contributed by atoms with E-state index in [0.717, 1.165) is 0 Å². The number of carbonyl (C=O) groups excluding carboxylic acids is 2. The van der Waals surface area contributed by atoms with Crippen molar-refractivity contribution in [3.63, 3.8) is 0 Å². The number of halogens is 1. The molecule has 0 unspecified atom stereocenters. The third-order valence-electron chi connectivity index (χ3n) is 3.93. The number of likely N-dealkylation sites (tertiary alicyclic amines) is 1. The number of nitrogens with zero attached hydrogens (tertiary/aromatic N) is 1. The van der Waals surface area contributed by atoms with E-state index in [0.29, 0.717) is 31.5 Å². The fourth-order valence-electron chi connectivity index (χ4n) is 2.62. The van der Waals surface area contributed by atoms with Gasteiger partial charge in [-0.25, -0.2) is 9.18 Å². The monoisotopic (exact) mass is 336 g/mol. The van der Waals surface area contributed by atoms with E-state index < -0.39 is 5.60 Å². The van der Waals surface area contributed by atoms with Gasteiger partial charge in [0.2, 0.25) is 5.91 Å². The van der Waals surface area contributed by atoms with Crippen molar-refractivity contribution in [2.45, 2.75) is 45.8 Å². The molecule has 0 atom stereocenters. The Morgan fingerprint density at radius 2 is 1.88 bits per heavy atom. The molecule has 1 aromatic carbocycles. The van der Waals surface area contributed by atoms with Crippen molar-refractivity contribution in [2.75, 3.05) is 13.1 Å². The molecule has 2 amide bonds. The topological polar surface area (TPSA) is 58.6 Å². The van der Waals surface area contributed by atoms with Gasteiger partial charge in [-0.1, -0.05) is 18.2 Å². The first kappa shape index (κ1) is 18.2. The average Bonchev–Trinajstić information content (AvgIpc) is 2.52. The molecule has 1 fully saturated rings. The van der Waals surface area contributed by atoms with Crippen molar-refractivity contribution >= 4 is 12.0 Å². The van der Waals surface area contributed by atoms with Gasteiger partial charge in [-0.3, -0.25) is 4.79 Å². The summed E-state index contributed by atoms with van der Waals surface area (Å²) in [6, 6.07) is 6.39. The van der Waals surface area contributed by atoms with Crippen LogP contribution < -0.4 is 5.32 Å². The van der Waals surface area contributed by atoms with Crippen molar-refractivity contribution < 1.29 is 18.7 Å². The fourth-order valence-corrected chi connectivity index (χ4v) is 2.62. The summed E-state index contributed by atoms with van der Waals surface area (Å²) in [5.41, 5.74) is -0.0533. The van der Waals surface area contributed by atoms with Crippen molar-refractivity contribution in [3.8, 4) is 0 Å². The predicted octanol–water partition coefficient (Wildman–Crippen LogP) is 3.09. The second-order valence-corrected chi connectivity index (χ2v) is 7.05.